The number of fused-ring (bicyclic) bond motifs is 3. The maximum Gasteiger partial charge on any atom is 0.137 e. The molecular formula is C60H56N4O. The quantitative estimate of drug-likeness (QED) is 0.137. The van der Waals surface area contributed by atoms with E-state index in [0.29, 0.717) is 6.67 Å². The van der Waals surface area contributed by atoms with Gasteiger partial charge in [0.2, 0.25) is 0 Å². The highest BCUT2D eigenvalue weighted by molar-refractivity contribution is 6.11. The second kappa shape index (κ2) is 16.3. The first-order valence-corrected chi connectivity index (χ1v) is 22.7. The first kappa shape index (κ1) is 41.6. The van der Waals surface area contributed by atoms with E-state index in [9.17, 15) is 0 Å². The summed E-state index contributed by atoms with van der Waals surface area (Å²) in [5.41, 5.74) is 12.2. The third-order valence-electron chi connectivity index (χ3n) is 13.4. The molecule has 1 aliphatic rings. The van der Waals surface area contributed by atoms with Gasteiger partial charge in [0.15, 0.2) is 0 Å². The van der Waals surface area contributed by atoms with Crippen LogP contribution in [0.4, 0.5) is 11.4 Å². The summed E-state index contributed by atoms with van der Waals surface area (Å²) in [6.07, 6.45) is 6.30. The van der Waals surface area contributed by atoms with E-state index >= 15 is 0 Å². The van der Waals surface area contributed by atoms with Crippen molar-refractivity contribution in [2.75, 3.05) is 16.5 Å². The van der Waals surface area contributed by atoms with Gasteiger partial charge < -0.3 is 14.5 Å². The monoisotopic (exact) mass is 848 g/mol. The maximum atomic E-state index is 7.21. The Hall–Kier alpha value is -7.37. The zero-order valence-electron chi connectivity index (χ0n) is 38.5. The average molecular weight is 849 g/mol. The fourth-order valence-corrected chi connectivity index (χ4v) is 9.48. The summed E-state index contributed by atoms with van der Waals surface area (Å²) in [5, 5.41) is 2.36. The third kappa shape index (κ3) is 7.86. The van der Waals surface area contributed by atoms with E-state index in [0.717, 1.165) is 45.2 Å². The van der Waals surface area contributed by atoms with Gasteiger partial charge in [0.25, 0.3) is 0 Å². The summed E-state index contributed by atoms with van der Waals surface area (Å²) in [7, 11) is 0. The van der Waals surface area contributed by atoms with Gasteiger partial charge in [-0.05, 0) is 92.9 Å². The van der Waals surface area contributed by atoms with E-state index in [2.05, 4.69) is 257 Å². The number of nitrogens with zero attached hydrogens (tertiary/aromatic N) is 4. The van der Waals surface area contributed by atoms with E-state index < -0.39 is 0 Å². The topological polar surface area (TPSA) is 33.5 Å². The van der Waals surface area contributed by atoms with Crippen molar-refractivity contribution < 1.29 is 4.74 Å². The Kier molecular flexibility index (Phi) is 10.5. The lowest BCUT2D eigenvalue weighted by molar-refractivity contribution is 0.481. The Morgan fingerprint density at radius 3 is 1.78 bits per heavy atom. The zero-order valence-corrected chi connectivity index (χ0v) is 38.5. The van der Waals surface area contributed by atoms with Gasteiger partial charge in [0.05, 0.1) is 17.7 Å². The molecule has 322 valence electrons. The molecule has 0 saturated carbocycles. The van der Waals surface area contributed by atoms with Crippen molar-refractivity contribution in [1.29, 1.82) is 0 Å². The van der Waals surface area contributed by atoms with Gasteiger partial charge in [-0.15, -0.1) is 0 Å². The number of benzene rings is 7. The number of ether oxygens (including phenoxy) is 1. The molecule has 3 heterocycles. The fraction of sp³-hybridized carbons (Fsp3) is 0.183. The van der Waals surface area contributed by atoms with Gasteiger partial charge in [-0.1, -0.05) is 170 Å². The summed E-state index contributed by atoms with van der Waals surface area (Å²) in [6.45, 7) is 16.7. The molecule has 0 amide bonds. The molecule has 5 nitrogen and oxygen atoms in total. The molecule has 65 heavy (non-hydrogen) atoms. The predicted molar refractivity (Wildman–Crippen MR) is 272 cm³/mol. The second-order valence-electron chi connectivity index (χ2n) is 19.5. The predicted octanol–water partition coefficient (Wildman–Crippen LogP) is 15.3. The Balaban J connectivity index is 1.13. The molecule has 10 rings (SSSR count). The van der Waals surface area contributed by atoms with Gasteiger partial charge >= 0.3 is 0 Å². The van der Waals surface area contributed by atoms with Crippen LogP contribution in [0.3, 0.4) is 0 Å². The number of pyridine rings is 1. The molecule has 0 unspecified atom stereocenters. The SMILES string of the molecule is CC(C)(C)c1cccc(N2C=CN(c3cc(Oc4cc(C(C)(C)c5ccccc5)c5c6ccccc6n(-c6cc(C(C)(C)c7ccccc7)ccn6)c5c4)cc(-c4ccccc4)c3)C2)c1. The van der Waals surface area contributed by atoms with Crippen LogP contribution in [0.1, 0.15) is 76.3 Å². The van der Waals surface area contributed by atoms with Crippen molar-refractivity contribution in [2.24, 2.45) is 0 Å². The Labute approximate surface area is 383 Å². The minimum Gasteiger partial charge on any atom is -0.457 e. The first-order valence-electron chi connectivity index (χ1n) is 22.7. The van der Waals surface area contributed by atoms with Gasteiger partial charge in [-0.2, -0.15) is 0 Å². The highest BCUT2D eigenvalue weighted by Crippen LogP contribution is 2.45. The van der Waals surface area contributed by atoms with Crippen LogP contribution in [-0.2, 0) is 16.2 Å². The van der Waals surface area contributed by atoms with Crippen molar-refractivity contribution in [3.05, 3.63) is 228 Å². The molecule has 0 bridgehead atoms. The fourth-order valence-electron chi connectivity index (χ4n) is 9.48. The highest BCUT2D eigenvalue weighted by Gasteiger charge is 2.30. The minimum absolute atomic E-state index is 0.0583. The molecule has 2 aromatic heterocycles. The van der Waals surface area contributed by atoms with Gasteiger partial charge in [-0.3, -0.25) is 4.57 Å². The summed E-state index contributed by atoms with van der Waals surface area (Å²) in [5.74, 6) is 2.39. The van der Waals surface area contributed by atoms with Crippen LogP contribution in [0.15, 0.2) is 201 Å². The number of anilines is 2. The zero-order chi connectivity index (χ0) is 44.9. The molecule has 1 aliphatic heterocycles. The number of hydrogen-bond donors (Lipinski definition) is 0. The molecule has 0 fully saturated rings. The molecule has 0 saturated heterocycles. The van der Waals surface area contributed by atoms with Crippen LogP contribution in [0.2, 0.25) is 0 Å². The molecule has 0 aliphatic carbocycles. The Morgan fingerprint density at radius 1 is 0.462 bits per heavy atom. The largest absolute Gasteiger partial charge is 0.457 e. The summed E-state index contributed by atoms with van der Waals surface area (Å²) in [4.78, 5) is 9.71. The third-order valence-corrected chi connectivity index (χ3v) is 13.4. The number of para-hydroxylation sites is 1. The van der Waals surface area contributed by atoms with Crippen molar-refractivity contribution in [3.8, 4) is 28.4 Å². The average Bonchev–Trinajstić information content (AvgIpc) is 3.96. The summed E-state index contributed by atoms with van der Waals surface area (Å²) < 4.78 is 9.54. The maximum absolute atomic E-state index is 7.21. The molecule has 0 radical (unpaired) electrons. The molecule has 9 aromatic rings. The normalized spacial score (nSPS) is 13.3. The Morgan fingerprint density at radius 2 is 1.08 bits per heavy atom. The van der Waals surface area contributed by atoms with Gasteiger partial charge in [-0.25, -0.2) is 4.98 Å². The van der Waals surface area contributed by atoms with Crippen molar-refractivity contribution in [3.63, 3.8) is 0 Å². The van der Waals surface area contributed by atoms with Crippen LogP contribution in [0.25, 0.3) is 38.8 Å². The summed E-state index contributed by atoms with van der Waals surface area (Å²) in [6, 6.07) is 65.2. The van der Waals surface area contributed by atoms with E-state index in [-0.39, 0.29) is 16.2 Å². The highest BCUT2D eigenvalue weighted by atomic mass is 16.5. The molecular weight excluding hydrogens is 793 g/mol. The van der Waals surface area contributed by atoms with Crippen molar-refractivity contribution in [1.82, 2.24) is 9.55 Å². The molecule has 0 N–H and O–H groups in total. The Bertz CT molecular complexity index is 3190. The first-order chi connectivity index (χ1) is 31.3. The minimum atomic E-state index is -0.385. The van der Waals surface area contributed by atoms with E-state index in [1.807, 2.05) is 6.20 Å². The molecule has 5 heteroatoms. The molecule has 7 aromatic carbocycles. The van der Waals surface area contributed by atoms with Crippen molar-refractivity contribution in [2.45, 2.75) is 64.7 Å². The van der Waals surface area contributed by atoms with Crippen molar-refractivity contribution >= 4 is 33.2 Å². The van der Waals surface area contributed by atoms with Gasteiger partial charge in [0, 0.05) is 63.7 Å². The van der Waals surface area contributed by atoms with Crippen LogP contribution in [0.5, 0.6) is 11.5 Å². The van der Waals surface area contributed by atoms with Gasteiger partial charge in [0.1, 0.15) is 17.3 Å². The van der Waals surface area contributed by atoms with E-state index in [1.54, 1.807) is 0 Å². The number of aromatic nitrogens is 2. The lowest BCUT2D eigenvalue weighted by Crippen LogP contribution is -2.25. The van der Waals surface area contributed by atoms with Crippen LogP contribution in [-0.4, -0.2) is 16.2 Å². The van der Waals surface area contributed by atoms with E-state index in [1.165, 1.54) is 44.3 Å². The van der Waals surface area contributed by atoms with Crippen LogP contribution < -0.4 is 14.5 Å². The van der Waals surface area contributed by atoms with Crippen LogP contribution >= 0.6 is 0 Å². The van der Waals surface area contributed by atoms with E-state index in [4.69, 9.17) is 9.72 Å². The molecule has 0 spiro atoms. The second-order valence-corrected chi connectivity index (χ2v) is 19.5. The van der Waals surface area contributed by atoms with Crippen LogP contribution in [0, 0.1) is 0 Å². The lowest BCUT2D eigenvalue weighted by atomic mass is 9.76. The number of hydrogen-bond acceptors (Lipinski definition) is 4. The standard InChI is InChI=1S/C60H56N4O/c1-58(2,3)46-26-19-27-48(36-46)62-32-33-63(41-62)49-34-43(42-20-11-8-12-21-42)35-50(38-49)65-51-39-53(60(6,7)45-24-15-10-16-25-45)57-52-28-17-18-29-54(52)64(55(57)40-51)56-37-47(30-31-61-56)59(4,5)44-22-13-9-14-23-44/h8-40H,41H2,1-7H3. The number of rotatable bonds is 10. The smallest absolute Gasteiger partial charge is 0.137 e. The summed E-state index contributed by atoms with van der Waals surface area (Å²) >= 11 is 0. The lowest BCUT2D eigenvalue weighted by Gasteiger charge is -2.28. The molecule has 0 atom stereocenters.